The van der Waals surface area contributed by atoms with E-state index >= 15 is 0 Å². The highest BCUT2D eigenvalue weighted by Gasteiger charge is 2.12. The van der Waals surface area contributed by atoms with Crippen LogP contribution in [0, 0.1) is 5.82 Å². The zero-order valence-corrected chi connectivity index (χ0v) is 14.9. The van der Waals surface area contributed by atoms with Gasteiger partial charge in [-0.15, -0.1) is 0 Å². The molecule has 0 radical (unpaired) electrons. The average molecular weight is 391 g/mol. The van der Waals surface area contributed by atoms with Gasteiger partial charge in [0.25, 0.3) is 11.5 Å². The largest absolute Gasteiger partial charge is 0.321 e. The predicted molar refractivity (Wildman–Crippen MR) is 101 cm³/mol. The number of hydrogen-bond donors (Lipinski definition) is 1. The summed E-state index contributed by atoms with van der Waals surface area (Å²) in [6.45, 7) is 0.0184. The van der Waals surface area contributed by atoms with Gasteiger partial charge in [-0.2, -0.15) is 0 Å². The number of nitrogens with zero attached hydrogens (tertiary/aromatic N) is 1. The molecular formula is C19H13Cl2FN2O2. The molecule has 26 heavy (non-hydrogen) atoms. The quantitative estimate of drug-likeness (QED) is 0.707. The van der Waals surface area contributed by atoms with Gasteiger partial charge in [-0.1, -0.05) is 47.5 Å². The molecule has 0 saturated carbocycles. The third-order valence-corrected chi connectivity index (χ3v) is 4.56. The summed E-state index contributed by atoms with van der Waals surface area (Å²) in [6.07, 6.45) is 1.38. The minimum atomic E-state index is -0.462. The molecule has 132 valence electrons. The van der Waals surface area contributed by atoms with Gasteiger partial charge in [-0.25, -0.2) is 4.39 Å². The van der Waals surface area contributed by atoms with Crippen molar-refractivity contribution >= 4 is 34.8 Å². The lowest BCUT2D eigenvalue weighted by molar-refractivity contribution is 0.102. The van der Waals surface area contributed by atoms with Crippen molar-refractivity contribution in [3.8, 4) is 0 Å². The highest BCUT2D eigenvalue weighted by Crippen LogP contribution is 2.29. The summed E-state index contributed by atoms with van der Waals surface area (Å²) in [5, 5.41) is 3.18. The first-order valence-corrected chi connectivity index (χ1v) is 8.40. The Morgan fingerprint density at radius 2 is 1.81 bits per heavy atom. The number of benzene rings is 2. The SMILES string of the molecule is O=C(Nc1cccc(Cl)c1Cl)c1ccc(=O)n(Cc2ccccc2F)c1. The predicted octanol–water partition coefficient (Wildman–Crippen LogP) is 4.59. The van der Waals surface area contributed by atoms with Crippen LogP contribution in [0.15, 0.2) is 65.6 Å². The molecule has 0 atom stereocenters. The molecule has 4 nitrogen and oxygen atoms in total. The second kappa shape index (κ2) is 7.72. The van der Waals surface area contributed by atoms with Crippen LogP contribution in [0.2, 0.25) is 10.0 Å². The Hall–Kier alpha value is -2.63. The van der Waals surface area contributed by atoms with E-state index in [2.05, 4.69) is 5.32 Å². The molecule has 3 aromatic rings. The number of aromatic nitrogens is 1. The first-order valence-electron chi connectivity index (χ1n) is 7.65. The number of hydrogen-bond acceptors (Lipinski definition) is 2. The van der Waals surface area contributed by atoms with Crippen LogP contribution in [0.3, 0.4) is 0 Å². The molecule has 0 fully saturated rings. The molecule has 0 aliphatic heterocycles. The lowest BCUT2D eigenvalue weighted by atomic mass is 10.2. The van der Waals surface area contributed by atoms with E-state index in [9.17, 15) is 14.0 Å². The Bertz CT molecular complexity index is 1030. The molecular weight excluding hydrogens is 378 g/mol. The van der Waals surface area contributed by atoms with Gasteiger partial charge in [-0.3, -0.25) is 9.59 Å². The van der Waals surface area contributed by atoms with Crippen molar-refractivity contribution in [2.24, 2.45) is 0 Å². The van der Waals surface area contributed by atoms with E-state index in [-0.39, 0.29) is 22.7 Å². The first kappa shape index (κ1) is 18.2. The maximum atomic E-state index is 13.8. The number of halogens is 3. The normalized spacial score (nSPS) is 10.6. The third-order valence-electron chi connectivity index (χ3n) is 3.74. The summed E-state index contributed by atoms with van der Waals surface area (Å²) in [6, 6.07) is 13.7. The Labute approximate surface area is 158 Å². The van der Waals surface area contributed by atoms with Crippen LogP contribution in [-0.4, -0.2) is 10.5 Å². The van der Waals surface area contributed by atoms with Gasteiger partial charge in [0.15, 0.2) is 0 Å². The molecule has 2 aromatic carbocycles. The fourth-order valence-corrected chi connectivity index (χ4v) is 2.74. The van der Waals surface area contributed by atoms with E-state index in [0.29, 0.717) is 16.3 Å². The molecule has 0 aliphatic carbocycles. The summed E-state index contributed by atoms with van der Waals surface area (Å²) in [5.41, 5.74) is 0.601. The molecule has 0 unspecified atom stereocenters. The van der Waals surface area contributed by atoms with E-state index < -0.39 is 11.7 Å². The molecule has 0 aliphatic rings. The number of carbonyl (C=O) groups is 1. The number of anilines is 1. The Morgan fingerprint density at radius 1 is 1.04 bits per heavy atom. The lowest BCUT2D eigenvalue weighted by Crippen LogP contribution is -2.23. The molecule has 0 saturated heterocycles. The van der Waals surface area contributed by atoms with Crippen molar-refractivity contribution < 1.29 is 9.18 Å². The third kappa shape index (κ3) is 3.95. The second-order valence-corrected chi connectivity index (χ2v) is 6.32. The fraction of sp³-hybridized carbons (Fsp3) is 0.0526. The summed E-state index contributed by atoms with van der Waals surface area (Å²) in [5.74, 6) is -0.878. The summed E-state index contributed by atoms with van der Waals surface area (Å²) < 4.78 is 15.1. The Kier molecular flexibility index (Phi) is 5.40. The van der Waals surface area contributed by atoms with Crippen LogP contribution in [0.25, 0.3) is 0 Å². The second-order valence-electron chi connectivity index (χ2n) is 5.53. The molecule has 3 rings (SSSR count). The molecule has 7 heteroatoms. The molecule has 1 amide bonds. The van der Waals surface area contributed by atoms with Crippen molar-refractivity contribution in [2.45, 2.75) is 6.54 Å². The summed E-state index contributed by atoms with van der Waals surface area (Å²) in [4.78, 5) is 24.5. The smallest absolute Gasteiger partial charge is 0.257 e. The molecule has 1 aromatic heterocycles. The van der Waals surface area contributed by atoms with Crippen LogP contribution in [-0.2, 0) is 6.54 Å². The van der Waals surface area contributed by atoms with E-state index in [0.717, 1.165) is 0 Å². The van der Waals surface area contributed by atoms with Crippen molar-refractivity contribution in [1.29, 1.82) is 0 Å². The Morgan fingerprint density at radius 3 is 2.58 bits per heavy atom. The van der Waals surface area contributed by atoms with E-state index in [4.69, 9.17) is 23.2 Å². The summed E-state index contributed by atoms with van der Waals surface area (Å²) >= 11 is 12.0. The van der Waals surface area contributed by atoms with Crippen LogP contribution >= 0.6 is 23.2 Å². The van der Waals surface area contributed by atoms with Gasteiger partial charge >= 0.3 is 0 Å². The number of carbonyl (C=O) groups excluding carboxylic acids is 1. The number of nitrogens with one attached hydrogen (secondary N) is 1. The van der Waals surface area contributed by atoms with Crippen molar-refractivity contribution in [2.75, 3.05) is 5.32 Å². The van der Waals surface area contributed by atoms with E-state index in [1.54, 1.807) is 36.4 Å². The van der Waals surface area contributed by atoms with Crippen molar-refractivity contribution in [3.63, 3.8) is 0 Å². The van der Waals surface area contributed by atoms with Gasteiger partial charge in [0, 0.05) is 17.8 Å². The van der Waals surface area contributed by atoms with Gasteiger partial charge in [0.05, 0.1) is 27.8 Å². The standard InChI is InChI=1S/C19H13Cl2FN2O2/c20-14-5-3-7-16(18(14)21)23-19(26)13-8-9-17(25)24(11-13)10-12-4-1-2-6-15(12)22/h1-9,11H,10H2,(H,23,26). The fourth-order valence-electron chi connectivity index (χ4n) is 2.39. The molecule has 0 spiro atoms. The van der Waals surface area contributed by atoms with Crippen LogP contribution in [0.1, 0.15) is 15.9 Å². The van der Waals surface area contributed by atoms with Crippen LogP contribution in [0.4, 0.5) is 10.1 Å². The minimum Gasteiger partial charge on any atom is -0.321 e. The maximum Gasteiger partial charge on any atom is 0.257 e. The topological polar surface area (TPSA) is 51.1 Å². The highest BCUT2D eigenvalue weighted by atomic mass is 35.5. The van der Waals surface area contributed by atoms with E-state index in [1.165, 1.54) is 29.0 Å². The van der Waals surface area contributed by atoms with Gasteiger partial charge in [0.2, 0.25) is 0 Å². The molecule has 0 bridgehead atoms. The minimum absolute atomic E-state index is 0.0184. The van der Waals surface area contributed by atoms with E-state index in [1.807, 2.05) is 0 Å². The Balaban J connectivity index is 1.87. The maximum absolute atomic E-state index is 13.8. The number of amides is 1. The van der Waals surface area contributed by atoms with Crippen LogP contribution in [0.5, 0.6) is 0 Å². The summed E-state index contributed by atoms with van der Waals surface area (Å²) in [7, 11) is 0. The number of rotatable bonds is 4. The van der Waals surface area contributed by atoms with Crippen molar-refractivity contribution in [3.05, 3.63) is 98.1 Å². The van der Waals surface area contributed by atoms with Gasteiger partial charge in [-0.05, 0) is 24.3 Å². The zero-order chi connectivity index (χ0) is 18.7. The average Bonchev–Trinajstić information content (AvgIpc) is 2.62. The monoisotopic (exact) mass is 390 g/mol. The van der Waals surface area contributed by atoms with Gasteiger partial charge < -0.3 is 9.88 Å². The number of pyridine rings is 1. The van der Waals surface area contributed by atoms with Crippen molar-refractivity contribution in [1.82, 2.24) is 4.57 Å². The highest BCUT2D eigenvalue weighted by molar-refractivity contribution is 6.44. The molecule has 1 N–H and O–H groups in total. The zero-order valence-electron chi connectivity index (χ0n) is 13.4. The van der Waals surface area contributed by atoms with Crippen LogP contribution < -0.4 is 10.9 Å². The van der Waals surface area contributed by atoms with Gasteiger partial charge in [0.1, 0.15) is 5.82 Å². The lowest BCUT2D eigenvalue weighted by Gasteiger charge is -2.11. The first-order chi connectivity index (χ1) is 12.5. The molecule has 1 heterocycles.